The molecule has 0 unspecified atom stereocenters. The van der Waals surface area contributed by atoms with Crippen molar-refractivity contribution in [2.45, 2.75) is 18.3 Å². The van der Waals surface area contributed by atoms with E-state index in [2.05, 4.69) is 0 Å². The lowest BCUT2D eigenvalue weighted by Gasteiger charge is -2.19. The number of sulfone groups is 1. The van der Waals surface area contributed by atoms with E-state index in [-0.39, 0.29) is 0 Å². The van der Waals surface area contributed by atoms with Crippen LogP contribution in [0.15, 0.2) is 24.3 Å². The van der Waals surface area contributed by atoms with Gasteiger partial charge in [-0.15, -0.1) is 0 Å². The van der Waals surface area contributed by atoms with E-state index >= 15 is 0 Å². The van der Waals surface area contributed by atoms with Gasteiger partial charge in [0.2, 0.25) is 0 Å². The minimum Gasteiger partial charge on any atom is -0.395 e. The molecule has 90 valence electrons. The number of rotatable bonds is 4. The molecule has 0 fully saturated rings. The maximum atomic E-state index is 11.3. The van der Waals surface area contributed by atoms with E-state index < -0.39 is 27.8 Å². The molecule has 0 heterocycles. The molecular formula is C11H16O4S. The molecule has 4 nitrogen and oxygen atoms in total. The minimum atomic E-state index is -3.47. The maximum absolute atomic E-state index is 11.3. The van der Waals surface area contributed by atoms with Gasteiger partial charge in [-0.3, -0.25) is 0 Å². The molecular weight excluding hydrogens is 228 g/mol. The predicted octanol–water partition coefficient (Wildman–Crippen LogP) is 0.434. The highest BCUT2D eigenvalue weighted by molar-refractivity contribution is 7.91. The van der Waals surface area contributed by atoms with Gasteiger partial charge in [0.25, 0.3) is 0 Å². The van der Waals surface area contributed by atoms with E-state index in [1.54, 1.807) is 24.3 Å². The van der Waals surface area contributed by atoms with Crippen molar-refractivity contribution >= 4 is 9.84 Å². The molecule has 0 saturated carbocycles. The van der Waals surface area contributed by atoms with Gasteiger partial charge in [-0.2, -0.15) is 0 Å². The van der Waals surface area contributed by atoms with E-state index in [1.807, 2.05) is 6.92 Å². The third kappa shape index (κ3) is 3.04. The average molecular weight is 244 g/mol. The Morgan fingerprint density at radius 2 is 1.75 bits per heavy atom. The van der Waals surface area contributed by atoms with Crippen molar-refractivity contribution in [1.82, 2.24) is 0 Å². The molecule has 16 heavy (non-hydrogen) atoms. The number of benzene rings is 1. The summed E-state index contributed by atoms with van der Waals surface area (Å²) in [4.78, 5) is 0. The van der Waals surface area contributed by atoms with E-state index in [4.69, 9.17) is 5.11 Å². The Balaban J connectivity index is 3.00. The molecule has 2 atom stereocenters. The number of aliphatic hydroxyl groups excluding tert-OH is 2. The summed E-state index contributed by atoms with van der Waals surface area (Å²) < 4.78 is 22.6. The van der Waals surface area contributed by atoms with Crippen LogP contribution in [0.1, 0.15) is 17.2 Å². The minimum absolute atomic E-state index is 0.495. The highest BCUT2D eigenvalue weighted by Crippen LogP contribution is 2.21. The predicted molar refractivity (Wildman–Crippen MR) is 61.9 cm³/mol. The van der Waals surface area contributed by atoms with Crippen LogP contribution < -0.4 is 0 Å². The smallest absolute Gasteiger partial charge is 0.155 e. The Morgan fingerprint density at radius 1 is 1.25 bits per heavy atom. The number of aryl methyl sites for hydroxylation is 1. The van der Waals surface area contributed by atoms with Gasteiger partial charge in [0.1, 0.15) is 5.25 Å². The van der Waals surface area contributed by atoms with Gasteiger partial charge in [-0.25, -0.2) is 8.42 Å². The summed E-state index contributed by atoms with van der Waals surface area (Å²) in [6, 6.07) is 6.90. The third-order valence-electron chi connectivity index (χ3n) is 2.50. The van der Waals surface area contributed by atoms with Crippen molar-refractivity contribution in [3.8, 4) is 0 Å². The van der Waals surface area contributed by atoms with E-state index in [0.29, 0.717) is 5.56 Å². The van der Waals surface area contributed by atoms with Crippen molar-refractivity contribution in [3.63, 3.8) is 0 Å². The fourth-order valence-electron chi connectivity index (χ4n) is 1.45. The molecule has 0 saturated heterocycles. The molecule has 1 aromatic rings. The van der Waals surface area contributed by atoms with Gasteiger partial charge >= 0.3 is 0 Å². The largest absolute Gasteiger partial charge is 0.395 e. The Bertz CT molecular complexity index is 436. The lowest BCUT2D eigenvalue weighted by atomic mass is 10.1. The van der Waals surface area contributed by atoms with Crippen LogP contribution in [0.2, 0.25) is 0 Å². The summed E-state index contributed by atoms with van der Waals surface area (Å²) in [6.45, 7) is 1.31. The zero-order valence-electron chi connectivity index (χ0n) is 9.29. The van der Waals surface area contributed by atoms with E-state index in [0.717, 1.165) is 11.8 Å². The first kappa shape index (κ1) is 13.2. The molecule has 0 aromatic heterocycles. The molecule has 5 heteroatoms. The van der Waals surface area contributed by atoms with Crippen LogP contribution in [0.25, 0.3) is 0 Å². The standard InChI is InChI=1S/C11H16O4S/c1-8-3-5-9(6-4-8)11(13)10(7-12)16(2,14)15/h3-6,10-13H,7H2,1-2H3/t10-,11-/m0/s1. The SMILES string of the molecule is Cc1ccc([C@H](O)[C@H](CO)S(C)(=O)=O)cc1. The second-order valence-corrected chi connectivity index (χ2v) is 6.17. The monoisotopic (exact) mass is 244 g/mol. The van der Waals surface area contributed by atoms with Gasteiger partial charge in [-0.05, 0) is 12.5 Å². The Labute approximate surface area is 95.5 Å². The van der Waals surface area contributed by atoms with E-state index in [1.165, 1.54) is 0 Å². The molecule has 0 radical (unpaired) electrons. The lowest BCUT2D eigenvalue weighted by Crippen LogP contribution is -2.31. The summed E-state index contributed by atoms with van der Waals surface area (Å²) in [5.41, 5.74) is 1.52. The molecule has 1 rings (SSSR count). The molecule has 0 aliphatic rings. The lowest BCUT2D eigenvalue weighted by molar-refractivity contribution is 0.138. The summed E-state index contributed by atoms with van der Waals surface area (Å²) in [6.07, 6.45) is -0.189. The second-order valence-electron chi connectivity index (χ2n) is 3.91. The van der Waals surface area contributed by atoms with Crippen molar-refractivity contribution < 1.29 is 18.6 Å². The van der Waals surface area contributed by atoms with Gasteiger partial charge in [-0.1, -0.05) is 29.8 Å². The highest BCUT2D eigenvalue weighted by atomic mass is 32.2. The van der Waals surface area contributed by atoms with Crippen LogP contribution in [-0.2, 0) is 9.84 Å². The number of aliphatic hydroxyl groups is 2. The maximum Gasteiger partial charge on any atom is 0.155 e. The summed E-state index contributed by atoms with van der Waals surface area (Å²) >= 11 is 0. The molecule has 2 N–H and O–H groups in total. The third-order valence-corrected chi connectivity index (χ3v) is 4.01. The highest BCUT2D eigenvalue weighted by Gasteiger charge is 2.29. The van der Waals surface area contributed by atoms with Crippen LogP contribution in [-0.4, -0.2) is 36.7 Å². The van der Waals surface area contributed by atoms with E-state index in [9.17, 15) is 13.5 Å². The summed E-state index contributed by atoms with van der Waals surface area (Å²) in [5, 5.41) is 17.7. The van der Waals surface area contributed by atoms with Crippen LogP contribution in [0.3, 0.4) is 0 Å². The molecule has 0 aliphatic heterocycles. The molecule has 0 aliphatic carbocycles. The Hall–Kier alpha value is -0.910. The first-order chi connectivity index (χ1) is 7.36. The van der Waals surface area contributed by atoms with Crippen molar-refractivity contribution in [2.75, 3.05) is 12.9 Å². The van der Waals surface area contributed by atoms with Crippen LogP contribution in [0, 0.1) is 6.92 Å². The zero-order valence-corrected chi connectivity index (χ0v) is 10.1. The zero-order chi connectivity index (χ0) is 12.3. The van der Waals surface area contributed by atoms with Gasteiger partial charge in [0, 0.05) is 6.26 Å². The van der Waals surface area contributed by atoms with Crippen molar-refractivity contribution in [3.05, 3.63) is 35.4 Å². The summed E-state index contributed by atoms with van der Waals surface area (Å²) in [7, 11) is -3.47. The molecule has 0 bridgehead atoms. The number of hydrogen-bond donors (Lipinski definition) is 2. The van der Waals surface area contributed by atoms with Gasteiger partial charge in [0.15, 0.2) is 9.84 Å². The quantitative estimate of drug-likeness (QED) is 0.805. The molecule has 0 spiro atoms. The van der Waals surface area contributed by atoms with Crippen LogP contribution in [0.4, 0.5) is 0 Å². The van der Waals surface area contributed by atoms with Crippen LogP contribution in [0.5, 0.6) is 0 Å². The Kier molecular flexibility index (Phi) is 4.07. The molecule has 0 amide bonds. The normalized spacial score (nSPS) is 15.8. The number of hydrogen-bond acceptors (Lipinski definition) is 4. The van der Waals surface area contributed by atoms with Gasteiger partial charge in [0.05, 0.1) is 12.7 Å². The average Bonchev–Trinajstić information content (AvgIpc) is 2.17. The topological polar surface area (TPSA) is 74.6 Å². The Morgan fingerprint density at radius 3 is 2.12 bits per heavy atom. The van der Waals surface area contributed by atoms with Crippen molar-refractivity contribution in [1.29, 1.82) is 0 Å². The van der Waals surface area contributed by atoms with Gasteiger partial charge < -0.3 is 10.2 Å². The first-order valence-corrected chi connectivity index (χ1v) is 6.86. The fourth-order valence-corrected chi connectivity index (χ4v) is 2.34. The van der Waals surface area contributed by atoms with Crippen LogP contribution >= 0.6 is 0 Å². The van der Waals surface area contributed by atoms with Crippen molar-refractivity contribution in [2.24, 2.45) is 0 Å². The summed E-state index contributed by atoms with van der Waals surface area (Å²) in [5.74, 6) is 0. The first-order valence-electron chi connectivity index (χ1n) is 4.90. The fraction of sp³-hybridized carbons (Fsp3) is 0.455. The second kappa shape index (κ2) is 4.95. The molecule has 1 aromatic carbocycles.